The number of likely N-dealkylation sites (tertiary alicyclic amines) is 1. The van der Waals surface area contributed by atoms with E-state index in [1.807, 2.05) is 18.7 Å². The van der Waals surface area contributed by atoms with Gasteiger partial charge in [-0.2, -0.15) is 10.2 Å². The smallest absolute Gasteiger partial charge is 0.341 e. The van der Waals surface area contributed by atoms with Gasteiger partial charge in [0.1, 0.15) is 24.5 Å². The van der Waals surface area contributed by atoms with Crippen LogP contribution in [0.15, 0.2) is 17.4 Å². The second kappa shape index (κ2) is 6.58. The van der Waals surface area contributed by atoms with Crippen LogP contribution in [0, 0.1) is 0 Å². The lowest BCUT2D eigenvalue weighted by atomic mass is 9.95. The highest BCUT2D eigenvalue weighted by Crippen LogP contribution is 2.27. The molecular formula is C15H23N7O2. The number of hydrogen-bond donors (Lipinski definition) is 0. The van der Waals surface area contributed by atoms with Crippen molar-refractivity contribution in [2.45, 2.75) is 45.2 Å². The summed E-state index contributed by atoms with van der Waals surface area (Å²) in [7, 11) is 1.68. The number of hydrogen-bond acceptors (Lipinski definition) is 5. The molecule has 3 rings (SSSR count). The fraction of sp³-hybridized carbons (Fsp3) is 0.667. The second-order valence-corrected chi connectivity index (χ2v) is 6.16. The first-order valence-corrected chi connectivity index (χ1v) is 8.29. The molecule has 2 aromatic rings. The molecule has 1 saturated heterocycles. The zero-order valence-electron chi connectivity index (χ0n) is 14.3. The first kappa shape index (κ1) is 16.4. The molecule has 2 aromatic heterocycles. The van der Waals surface area contributed by atoms with E-state index in [1.165, 1.54) is 11.0 Å². The van der Waals surface area contributed by atoms with Crippen LogP contribution in [-0.2, 0) is 18.4 Å². The summed E-state index contributed by atoms with van der Waals surface area (Å²) >= 11 is 0. The summed E-state index contributed by atoms with van der Waals surface area (Å²) in [4.78, 5) is 30.4. The minimum absolute atomic E-state index is 0.0489. The van der Waals surface area contributed by atoms with Crippen LogP contribution in [0.5, 0.6) is 0 Å². The molecular weight excluding hydrogens is 310 g/mol. The first-order chi connectivity index (χ1) is 11.5. The highest BCUT2D eigenvalue weighted by atomic mass is 16.2. The van der Waals surface area contributed by atoms with Gasteiger partial charge in [0.15, 0.2) is 0 Å². The summed E-state index contributed by atoms with van der Waals surface area (Å²) in [6.45, 7) is 5.72. The molecule has 130 valence electrons. The SMILES string of the molecule is CCn1c(C2CCN(C(=O)[C@H](C)n3cncn3)CC2)nn(C)c1=O. The molecule has 0 N–H and O–H groups in total. The second-order valence-electron chi connectivity index (χ2n) is 6.16. The highest BCUT2D eigenvalue weighted by molar-refractivity contribution is 5.80. The number of amides is 1. The Morgan fingerprint density at radius 2 is 2.08 bits per heavy atom. The van der Waals surface area contributed by atoms with Crippen molar-refractivity contribution >= 4 is 5.91 Å². The molecule has 0 aliphatic carbocycles. The van der Waals surface area contributed by atoms with Crippen molar-refractivity contribution in [2.75, 3.05) is 13.1 Å². The van der Waals surface area contributed by atoms with Crippen molar-refractivity contribution in [2.24, 2.45) is 7.05 Å². The van der Waals surface area contributed by atoms with E-state index in [9.17, 15) is 9.59 Å². The Morgan fingerprint density at radius 1 is 1.38 bits per heavy atom. The Hall–Kier alpha value is -2.45. The standard InChI is InChI=1S/C15H23N7O2/c1-4-21-13(18-19(3)15(21)24)12-5-7-20(8-6-12)14(23)11(2)22-10-16-9-17-22/h9-12H,4-8H2,1-3H3/t11-/m0/s1. The summed E-state index contributed by atoms with van der Waals surface area (Å²) in [5.74, 6) is 1.10. The molecule has 1 aliphatic heterocycles. The molecule has 0 radical (unpaired) electrons. The van der Waals surface area contributed by atoms with Crippen LogP contribution in [0.1, 0.15) is 44.5 Å². The van der Waals surface area contributed by atoms with E-state index in [4.69, 9.17) is 0 Å². The Morgan fingerprint density at radius 3 is 2.67 bits per heavy atom. The molecule has 1 amide bonds. The quantitative estimate of drug-likeness (QED) is 0.795. The lowest BCUT2D eigenvalue weighted by Gasteiger charge is -2.33. The van der Waals surface area contributed by atoms with Gasteiger partial charge in [0.05, 0.1) is 0 Å². The van der Waals surface area contributed by atoms with E-state index in [0.717, 1.165) is 18.7 Å². The molecule has 1 fully saturated rings. The number of carbonyl (C=O) groups is 1. The number of nitrogens with zero attached hydrogens (tertiary/aromatic N) is 7. The number of aryl methyl sites for hydroxylation is 1. The molecule has 1 atom stereocenters. The van der Waals surface area contributed by atoms with Crippen molar-refractivity contribution in [3.63, 3.8) is 0 Å². The Kier molecular flexibility index (Phi) is 4.50. The lowest BCUT2D eigenvalue weighted by Crippen LogP contribution is -2.42. The Labute approximate surface area is 139 Å². The molecule has 0 unspecified atom stereocenters. The van der Waals surface area contributed by atoms with E-state index in [-0.39, 0.29) is 23.6 Å². The monoisotopic (exact) mass is 333 g/mol. The number of piperidine rings is 1. The maximum absolute atomic E-state index is 12.6. The minimum atomic E-state index is -0.354. The number of carbonyl (C=O) groups excluding carboxylic acids is 1. The van der Waals surface area contributed by atoms with Gasteiger partial charge in [-0.05, 0) is 26.7 Å². The van der Waals surface area contributed by atoms with Gasteiger partial charge in [0.2, 0.25) is 5.91 Å². The fourth-order valence-electron chi connectivity index (χ4n) is 3.28. The molecule has 9 nitrogen and oxygen atoms in total. The third kappa shape index (κ3) is 2.85. The molecule has 9 heteroatoms. The summed E-state index contributed by atoms with van der Waals surface area (Å²) in [5, 5.41) is 8.43. The maximum atomic E-state index is 12.6. The highest BCUT2D eigenvalue weighted by Gasteiger charge is 2.30. The normalized spacial score (nSPS) is 17.2. The summed E-state index contributed by atoms with van der Waals surface area (Å²) in [5.41, 5.74) is -0.0780. The lowest BCUT2D eigenvalue weighted by molar-refractivity contribution is -0.135. The van der Waals surface area contributed by atoms with Crippen LogP contribution in [0.4, 0.5) is 0 Å². The van der Waals surface area contributed by atoms with Crippen LogP contribution >= 0.6 is 0 Å². The predicted molar refractivity (Wildman–Crippen MR) is 86.4 cm³/mol. The molecule has 0 spiro atoms. The van der Waals surface area contributed by atoms with Crippen molar-refractivity contribution in [1.82, 2.24) is 34.0 Å². The molecule has 0 aromatic carbocycles. The van der Waals surface area contributed by atoms with E-state index in [1.54, 1.807) is 22.6 Å². The third-order valence-corrected chi connectivity index (χ3v) is 4.72. The van der Waals surface area contributed by atoms with Gasteiger partial charge in [-0.1, -0.05) is 0 Å². The zero-order valence-corrected chi connectivity index (χ0v) is 14.3. The average molecular weight is 333 g/mol. The third-order valence-electron chi connectivity index (χ3n) is 4.72. The van der Waals surface area contributed by atoms with E-state index < -0.39 is 0 Å². The van der Waals surface area contributed by atoms with Gasteiger partial charge in [0, 0.05) is 32.6 Å². The van der Waals surface area contributed by atoms with E-state index >= 15 is 0 Å². The van der Waals surface area contributed by atoms with E-state index in [0.29, 0.717) is 19.6 Å². The molecule has 3 heterocycles. The summed E-state index contributed by atoms with van der Waals surface area (Å²) in [6.07, 6.45) is 4.61. The van der Waals surface area contributed by atoms with Crippen molar-refractivity contribution in [1.29, 1.82) is 0 Å². The number of aromatic nitrogens is 6. The van der Waals surface area contributed by atoms with Gasteiger partial charge in [-0.25, -0.2) is 19.1 Å². The first-order valence-electron chi connectivity index (χ1n) is 8.29. The fourth-order valence-corrected chi connectivity index (χ4v) is 3.28. The van der Waals surface area contributed by atoms with Gasteiger partial charge >= 0.3 is 5.69 Å². The maximum Gasteiger partial charge on any atom is 0.345 e. The van der Waals surface area contributed by atoms with E-state index in [2.05, 4.69) is 15.2 Å². The van der Waals surface area contributed by atoms with Crippen LogP contribution in [-0.4, -0.2) is 53.0 Å². The van der Waals surface area contributed by atoms with Crippen LogP contribution in [0.2, 0.25) is 0 Å². The van der Waals surface area contributed by atoms with Crippen molar-refractivity contribution < 1.29 is 4.79 Å². The molecule has 1 aliphatic rings. The average Bonchev–Trinajstić information content (AvgIpc) is 3.23. The molecule has 0 saturated carbocycles. The largest absolute Gasteiger partial charge is 0.345 e. The van der Waals surface area contributed by atoms with Gasteiger partial charge in [-0.15, -0.1) is 0 Å². The van der Waals surface area contributed by atoms with Gasteiger partial charge in [-0.3, -0.25) is 9.36 Å². The Bertz CT molecular complexity index is 753. The molecule has 0 bridgehead atoms. The summed E-state index contributed by atoms with van der Waals surface area (Å²) < 4.78 is 4.69. The minimum Gasteiger partial charge on any atom is -0.341 e. The van der Waals surface area contributed by atoms with Crippen molar-refractivity contribution in [3.05, 3.63) is 29.0 Å². The Balaban J connectivity index is 1.67. The van der Waals surface area contributed by atoms with Crippen LogP contribution in [0.25, 0.3) is 0 Å². The van der Waals surface area contributed by atoms with Crippen molar-refractivity contribution in [3.8, 4) is 0 Å². The van der Waals surface area contributed by atoms with Crippen LogP contribution < -0.4 is 5.69 Å². The van der Waals surface area contributed by atoms with Gasteiger partial charge < -0.3 is 4.90 Å². The van der Waals surface area contributed by atoms with Crippen LogP contribution in [0.3, 0.4) is 0 Å². The topological polar surface area (TPSA) is 90.8 Å². The summed E-state index contributed by atoms with van der Waals surface area (Å²) in [6, 6.07) is -0.354. The van der Waals surface area contributed by atoms with Gasteiger partial charge in [0.25, 0.3) is 0 Å². The predicted octanol–water partition coefficient (Wildman–Crippen LogP) is 0.160. The molecule has 24 heavy (non-hydrogen) atoms. The zero-order chi connectivity index (χ0) is 17.3. The number of rotatable bonds is 4.